The minimum atomic E-state index is 0.295. The molecule has 2 aliphatic rings. The molecule has 3 unspecified atom stereocenters. The molecule has 0 radical (unpaired) electrons. The van der Waals surface area contributed by atoms with Crippen LogP contribution in [0.5, 0.6) is 0 Å². The number of carbonyl (C=O) groups is 1. The zero-order valence-electron chi connectivity index (χ0n) is 6.42. The van der Waals surface area contributed by atoms with E-state index in [1.54, 1.807) is 0 Å². The standard InChI is InChI=1S/C8H13NO/c1-4(2)6-5-3-9-8(10)7(5)6/h4-7H,3H2,1-2H3,(H,9,10). The third kappa shape index (κ3) is 0.619. The first-order valence-electron chi connectivity index (χ1n) is 3.99. The van der Waals surface area contributed by atoms with E-state index < -0.39 is 0 Å². The average molecular weight is 139 g/mol. The lowest BCUT2D eigenvalue weighted by molar-refractivity contribution is -0.121. The van der Waals surface area contributed by atoms with Crippen LogP contribution in [-0.4, -0.2) is 12.5 Å². The van der Waals surface area contributed by atoms with Gasteiger partial charge in [0.1, 0.15) is 0 Å². The van der Waals surface area contributed by atoms with Crippen LogP contribution in [0.2, 0.25) is 0 Å². The Hall–Kier alpha value is -0.530. The number of carbonyl (C=O) groups excluding carboxylic acids is 1. The van der Waals surface area contributed by atoms with Crippen LogP contribution in [0.3, 0.4) is 0 Å². The summed E-state index contributed by atoms with van der Waals surface area (Å²) in [7, 11) is 0. The SMILES string of the molecule is CC(C)C1C2CNC(=O)C21. The fourth-order valence-electron chi connectivity index (χ4n) is 2.28. The molecule has 56 valence electrons. The number of nitrogens with one attached hydrogen (secondary N) is 1. The molecule has 2 heteroatoms. The Bertz CT molecular complexity index is 176. The Morgan fingerprint density at radius 2 is 2.30 bits per heavy atom. The van der Waals surface area contributed by atoms with Crippen molar-refractivity contribution in [3.63, 3.8) is 0 Å². The zero-order chi connectivity index (χ0) is 7.30. The van der Waals surface area contributed by atoms with Gasteiger partial charge in [-0.15, -0.1) is 0 Å². The summed E-state index contributed by atoms with van der Waals surface area (Å²) < 4.78 is 0. The van der Waals surface area contributed by atoms with E-state index in [-0.39, 0.29) is 0 Å². The monoisotopic (exact) mass is 139 g/mol. The van der Waals surface area contributed by atoms with Gasteiger partial charge >= 0.3 is 0 Å². The summed E-state index contributed by atoms with van der Waals surface area (Å²) in [5.41, 5.74) is 0. The van der Waals surface area contributed by atoms with Crippen molar-refractivity contribution in [2.24, 2.45) is 23.7 Å². The predicted octanol–water partition coefficient (Wildman–Crippen LogP) is 0.634. The second-order valence-corrected chi connectivity index (χ2v) is 3.76. The van der Waals surface area contributed by atoms with Crippen LogP contribution in [-0.2, 0) is 4.79 Å². The van der Waals surface area contributed by atoms with Crippen molar-refractivity contribution < 1.29 is 4.79 Å². The average Bonchev–Trinajstić information content (AvgIpc) is 2.48. The molecule has 2 nitrogen and oxygen atoms in total. The molecule has 1 saturated heterocycles. The molecule has 2 rings (SSSR count). The van der Waals surface area contributed by atoms with Crippen LogP contribution < -0.4 is 5.32 Å². The van der Waals surface area contributed by atoms with E-state index in [1.807, 2.05) is 0 Å². The highest BCUT2D eigenvalue weighted by Gasteiger charge is 2.59. The fraction of sp³-hybridized carbons (Fsp3) is 0.875. The molecule has 0 bridgehead atoms. The second-order valence-electron chi connectivity index (χ2n) is 3.76. The largest absolute Gasteiger partial charge is 0.356 e. The van der Waals surface area contributed by atoms with Crippen LogP contribution in [0.4, 0.5) is 0 Å². The molecule has 2 fully saturated rings. The number of piperidine rings is 1. The first-order chi connectivity index (χ1) is 4.72. The summed E-state index contributed by atoms with van der Waals surface area (Å²) in [5, 5.41) is 2.86. The number of hydrogen-bond acceptors (Lipinski definition) is 1. The molecule has 3 atom stereocenters. The minimum Gasteiger partial charge on any atom is -0.356 e. The van der Waals surface area contributed by atoms with Gasteiger partial charge in [0.15, 0.2) is 0 Å². The van der Waals surface area contributed by atoms with Crippen molar-refractivity contribution in [2.45, 2.75) is 13.8 Å². The van der Waals surface area contributed by atoms with Crippen LogP contribution in [0, 0.1) is 23.7 Å². The summed E-state index contributed by atoms with van der Waals surface area (Å²) in [6.45, 7) is 5.35. The lowest BCUT2D eigenvalue weighted by Gasteiger charge is -2.06. The van der Waals surface area contributed by atoms with Crippen LogP contribution in [0.15, 0.2) is 0 Å². The van der Waals surface area contributed by atoms with Gasteiger partial charge in [-0.1, -0.05) is 13.8 Å². The zero-order valence-corrected chi connectivity index (χ0v) is 6.42. The van der Waals surface area contributed by atoms with Gasteiger partial charge < -0.3 is 5.32 Å². The lowest BCUT2D eigenvalue weighted by atomic mass is 10.1. The molecular weight excluding hydrogens is 126 g/mol. The van der Waals surface area contributed by atoms with Crippen LogP contribution in [0.25, 0.3) is 0 Å². The molecule has 1 aliphatic carbocycles. The molecule has 0 spiro atoms. The van der Waals surface area contributed by atoms with Crippen LogP contribution in [0.1, 0.15) is 13.8 Å². The second kappa shape index (κ2) is 1.74. The summed E-state index contributed by atoms with van der Waals surface area (Å²) in [4.78, 5) is 11.0. The molecule has 1 aliphatic heterocycles. The smallest absolute Gasteiger partial charge is 0.223 e. The van der Waals surface area contributed by atoms with E-state index in [0.29, 0.717) is 29.6 Å². The molecule has 0 aromatic carbocycles. The van der Waals surface area contributed by atoms with Crippen molar-refractivity contribution in [1.29, 1.82) is 0 Å². The first kappa shape index (κ1) is 6.20. The van der Waals surface area contributed by atoms with Crippen molar-refractivity contribution in [3.8, 4) is 0 Å². The molecule has 1 heterocycles. The minimum absolute atomic E-state index is 0.295. The summed E-state index contributed by atoms with van der Waals surface area (Å²) in [6, 6.07) is 0. The topological polar surface area (TPSA) is 29.1 Å². The third-order valence-corrected chi connectivity index (χ3v) is 2.81. The Morgan fingerprint density at radius 3 is 2.60 bits per heavy atom. The molecule has 1 N–H and O–H groups in total. The molecule has 1 amide bonds. The van der Waals surface area contributed by atoms with Gasteiger partial charge in [0.2, 0.25) is 5.91 Å². The maximum absolute atomic E-state index is 11.0. The molecule has 0 aromatic heterocycles. The quantitative estimate of drug-likeness (QED) is 0.567. The number of rotatable bonds is 1. The van der Waals surface area contributed by atoms with Gasteiger partial charge in [0, 0.05) is 12.5 Å². The fourth-order valence-corrected chi connectivity index (χ4v) is 2.28. The van der Waals surface area contributed by atoms with Gasteiger partial charge in [0.25, 0.3) is 0 Å². The summed E-state index contributed by atoms with van der Waals surface area (Å²) in [6.07, 6.45) is 0. The highest BCUT2D eigenvalue weighted by atomic mass is 16.2. The van der Waals surface area contributed by atoms with E-state index >= 15 is 0 Å². The van der Waals surface area contributed by atoms with E-state index in [9.17, 15) is 4.79 Å². The van der Waals surface area contributed by atoms with Gasteiger partial charge in [-0.2, -0.15) is 0 Å². The number of hydrogen-bond donors (Lipinski definition) is 1. The van der Waals surface area contributed by atoms with Gasteiger partial charge in [-0.05, 0) is 17.8 Å². The van der Waals surface area contributed by atoms with Crippen molar-refractivity contribution in [1.82, 2.24) is 5.32 Å². The highest BCUT2D eigenvalue weighted by molar-refractivity contribution is 5.85. The van der Waals surface area contributed by atoms with E-state index in [0.717, 1.165) is 6.54 Å². The van der Waals surface area contributed by atoms with Crippen molar-refractivity contribution >= 4 is 5.91 Å². The first-order valence-corrected chi connectivity index (χ1v) is 3.99. The van der Waals surface area contributed by atoms with E-state index in [4.69, 9.17) is 0 Å². The van der Waals surface area contributed by atoms with Crippen molar-refractivity contribution in [3.05, 3.63) is 0 Å². The maximum Gasteiger partial charge on any atom is 0.223 e. The lowest BCUT2D eigenvalue weighted by Crippen LogP contribution is -2.23. The summed E-state index contributed by atoms with van der Waals surface area (Å²) >= 11 is 0. The molecule has 1 saturated carbocycles. The van der Waals surface area contributed by atoms with Gasteiger partial charge in [0.05, 0.1) is 0 Å². The van der Waals surface area contributed by atoms with Crippen molar-refractivity contribution in [2.75, 3.05) is 6.54 Å². The highest BCUT2D eigenvalue weighted by Crippen LogP contribution is 2.53. The summed E-state index contributed by atoms with van der Waals surface area (Å²) in [5.74, 6) is 2.77. The molecule has 0 aromatic rings. The Kier molecular flexibility index (Phi) is 1.08. The third-order valence-electron chi connectivity index (χ3n) is 2.81. The van der Waals surface area contributed by atoms with Crippen LogP contribution >= 0.6 is 0 Å². The number of amides is 1. The Balaban J connectivity index is 2.05. The number of fused-ring (bicyclic) bond motifs is 1. The maximum atomic E-state index is 11.0. The van der Waals surface area contributed by atoms with E-state index in [1.165, 1.54) is 0 Å². The van der Waals surface area contributed by atoms with E-state index in [2.05, 4.69) is 19.2 Å². The Morgan fingerprint density at radius 1 is 1.60 bits per heavy atom. The molecular formula is C8H13NO. The predicted molar refractivity (Wildman–Crippen MR) is 38.3 cm³/mol. The van der Waals surface area contributed by atoms with Gasteiger partial charge in [-0.25, -0.2) is 0 Å². The Labute approximate surface area is 61.0 Å². The van der Waals surface area contributed by atoms with Gasteiger partial charge in [-0.3, -0.25) is 4.79 Å². The molecule has 10 heavy (non-hydrogen) atoms. The normalized spacial score (nSPS) is 43.5.